The van der Waals surface area contributed by atoms with E-state index in [9.17, 15) is 13.2 Å². The van der Waals surface area contributed by atoms with Crippen molar-refractivity contribution in [3.63, 3.8) is 0 Å². The number of nitrogens with two attached hydrogens (primary N) is 2. The van der Waals surface area contributed by atoms with E-state index in [1.165, 1.54) is 27.4 Å². The van der Waals surface area contributed by atoms with Gasteiger partial charge in [0, 0.05) is 26.2 Å². The summed E-state index contributed by atoms with van der Waals surface area (Å²) < 4.78 is 32.1. The Balaban J connectivity index is 1.57. The number of piperazine rings is 1. The van der Waals surface area contributed by atoms with Gasteiger partial charge in [0.15, 0.2) is 0 Å². The Labute approximate surface area is 158 Å². The lowest BCUT2D eigenvalue weighted by Gasteiger charge is -2.33. The number of hydrogen-bond acceptors (Lipinski definition) is 6. The topological polar surface area (TPSA) is 119 Å². The number of nitrogens with zero attached hydrogens (tertiary/aromatic N) is 2. The molecule has 2 aromatic rings. The minimum Gasteiger partial charge on any atom is -0.445 e. The van der Waals surface area contributed by atoms with E-state index in [0.29, 0.717) is 5.69 Å². The highest BCUT2D eigenvalue weighted by Gasteiger charge is 2.30. The summed E-state index contributed by atoms with van der Waals surface area (Å²) >= 11 is 0. The number of nitrogen functional groups attached to an aromatic ring is 2. The standard InChI is InChI=1S/C18H22N4O4S/c19-16-7-6-15(12-17(16)20)27(24,25)22-10-8-21(9-11-22)18(23)26-13-14-4-2-1-3-5-14/h1-7,12H,8-11,13,19-20H2. The van der Waals surface area contributed by atoms with E-state index in [1.54, 1.807) is 0 Å². The predicted octanol–water partition coefficient (Wildman–Crippen LogP) is 1.49. The molecule has 1 aliphatic heterocycles. The van der Waals surface area contributed by atoms with Crippen molar-refractivity contribution < 1.29 is 17.9 Å². The Bertz CT molecular complexity index is 910. The van der Waals surface area contributed by atoms with Crippen LogP contribution in [0.4, 0.5) is 16.2 Å². The van der Waals surface area contributed by atoms with E-state index in [4.69, 9.17) is 16.2 Å². The van der Waals surface area contributed by atoms with E-state index in [-0.39, 0.29) is 43.4 Å². The van der Waals surface area contributed by atoms with Crippen LogP contribution in [-0.2, 0) is 21.4 Å². The van der Waals surface area contributed by atoms with Crippen molar-refractivity contribution in [3.05, 3.63) is 54.1 Å². The summed E-state index contributed by atoms with van der Waals surface area (Å²) in [5, 5.41) is 0. The van der Waals surface area contributed by atoms with Crippen LogP contribution in [0.25, 0.3) is 0 Å². The highest BCUT2D eigenvalue weighted by molar-refractivity contribution is 7.89. The fraction of sp³-hybridized carbons (Fsp3) is 0.278. The maximum absolute atomic E-state index is 12.7. The first-order chi connectivity index (χ1) is 12.9. The monoisotopic (exact) mass is 390 g/mol. The molecule has 3 rings (SSSR count). The number of benzene rings is 2. The van der Waals surface area contributed by atoms with Crippen LogP contribution in [-0.4, -0.2) is 49.9 Å². The summed E-state index contributed by atoms with van der Waals surface area (Å²) in [5.74, 6) is 0. The average molecular weight is 390 g/mol. The highest BCUT2D eigenvalue weighted by Crippen LogP contribution is 2.23. The lowest BCUT2D eigenvalue weighted by atomic mass is 10.2. The molecule has 4 N–H and O–H groups in total. The van der Waals surface area contributed by atoms with Gasteiger partial charge in [0.2, 0.25) is 10.0 Å². The van der Waals surface area contributed by atoms with E-state index in [2.05, 4.69) is 0 Å². The number of carbonyl (C=O) groups excluding carboxylic acids is 1. The number of anilines is 2. The normalized spacial score (nSPS) is 15.5. The lowest BCUT2D eigenvalue weighted by Crippen LogP contribution is -2.50. The van der Waals surface area contributed by atoms with Crippen LogP contribution in [0.5, 0.6) is 0 Å². The Morgan fingerprint density at radius 2 is 1.63 bits per heavy atom. The Hall–Kier alpha value is -2.78. The van der Waals surface area contributed by atoms with Crippen LogP contribution in [0.3, 0.4) is 0 Å². The molecule has 0 bridgehead atoms. The minimum atomic E-state index is -3.69. The number of ether oxygens (including phenoxy) is 1. The van der Waals surface area contributed by atoms with Crippen LogP contribution in [0, 0.1) is 0 Å². The molecular formula is C18H22N4O4S. The SMILES string of the molecule is Nc1ccc(S(=O)(=O)N2CCN(C(=O)OCc3ccccc3)CC2)cc1N. The molecule has 0 aromatic heterocycles. The van der Waals surface area contributed by atoms with Gasteiger partial charge in [0.05, 0.1) is 16.3 Å². The third-order valence-electron chi connectivity index (χ3n) is 4.40. The van der Waals surface area contributed by atoms with Crippen LogP contribution in [0.15, 0.2) is 53.4 Å². The third-order valence-corrected chi connectivity index (χ3v) is 6.29. The molecule has 0 radical (unpaired) electrons. The first kappa shape index (κ1) is 19.0. The number of amides is 1. The van der Waals surface area contributed by atoms with E-state index in [0.717, 1.165) is 5.56 Å². The smallest absolute Gasteiger partial charge is 0.410 e. The van der Waals surface area contributed by atoms with Gasteiger partial charge in [-0.2, -0.15) is 4.31 Å². The zero-order valence-corrected chi connectivity index (χ0v) is 15.6. The second-order valence-electron chi connectivity index (χ2n) is 6.22. The van der Waals surface area contributed by atoms with E-state index in [1.807, 2.05) is 30.3 Å². The van der Waals surface area contributed by atoms with Crippen LogP contribution in [0.2, 0.25) is 0 Å². The molecule has 0 saturated carbocycles. The lowest BCUT2D eigenvalue weighted by molar-refractivity contribution is 0.0838. The van der Waals surface area contributed by atoms with Gasteiger partial charge < -0.3 is 21.1 Å². The summed E-state index contributed by atoms with van der Waals surface area (Å²) in [6.07, 6.45) is -0.451. The molecule has 0 aliphatic carbocycles. The van der Waals surface area contributed by atoms with Gasteiger partial charge in [-0.3, -0.25) is 0 Å². The fourth-order valence-electron chi connectivity index (χ4n) is 2.78. The number of hydrogen-bond donors (Lipinski definition) is 2. The van der Waals surface area contributed by atoms with E-state index < -0.39 is 16.1 Å². The van der Waals surface area contributed by atoms with Gasteiger partial charge in [0.1, 0.15) is 6.61 Å². The van der Waals surface area contributed by atoms with Crippen molar-refractivity contribution in [1.29, 1.82) is 0 Å². The van der Waals surface area contributed by atoms with Gasteiger partial charge in [-0.05, 0) is 23.8 Å². The second-order valence-corrected chi connectivity index (χ2v) is 8.16. The quantitative estimate of drug-likeness (QED) is 0.764. The molecule has 1 aliphatic rings. The van der Waals surface area contributed by atoms with Crippen LogP contribution in [0.1, 0.15) is 5.56 Å². The molecular weight excluding hydrogens is 368 g/mol. The molecule has 9 heteroatoms. The maximum Gasteiger partial charge on any atom is 0.410 e. The van der Waals surface area contributed by atoms with Crippen molar-refractivity contribution in [1.82, 2.24) is 9.21 Å². The molecule has 0 unspecified atom stereocenters. The summed E-state index contributed by atoms with van der Waals surface area (Å²) in [7, 11) is -3.69. The number of rotatable bonds is 4. The van der Waals surface area contributed by atoms with Crippen molar-refractivity contribution in [3.8, 4) is 0 Å². The molecule has 0 spiro atoms. The molecule has 8 nitrogen and oxygen atoms in total. The van der Waals surface area contributed by atoms with Crippen molar-refractivity contribution in [2.24, 2.45) is 0 Å². The zero-order valence-electron chi connectivity index (χ0n) is 14.7. The van der Waals surface area contributed by atoms with E-state index >= 15 is 0 Å². The van der Waals surface area contributed by atoms with Gasteiger partial charge >= 0.3 is 6.09 Å². The van der Waals surface area contributed by atoms with Crippen molar-refractivity contribution in [2.75, 3.05) is 37.6 Å². The number of carbonyl (C=O) groups is 1. The van der Waals surface area contributed by atoms with Gasteiger partial charge in [-0.25, -0.2) is 13.2 Å². The molecule has 1 fully saturated rings. The first-order valence-electron chi connectivity index (χ1n) is 8.49. The third kappa shape index (κ3) is 4.32. The summed E-state index contributed by atoms with van der Waals surface area (Å²) in [6, 6.07) is 13.6. The Kier molecular flexibility index (Phi) is 5.52. The predicted molar refractivity (Wildman–Crippen MR) is 102 cm³/mol. The maximum atomic E-state index is 12.7. The minimum absolute atomic E-state index is 0.0919. The summed E-state index contributed by atoms with van der Waals surface area (Å²) in [5.41, 5.74) is 12.8. The molecule has 1 saturated heterocycles. The first-order valence-corrected chi connectivity index (χ1v) is 9.93. The van der Waals surface area contributed by atoms with Crippen LogP contribution < -0.4 is 11.5 Å². The zero-order chi connectivity index (χ0) is 19.4. The van der Waals surface area contributed by atoms with Gasteiger partial charge in [-0.15, -0.1) is 0 Å². The molecule has 2 aromatic carbocycles. The molecule has 1 heterocycles. The molecule has 0 atom stereocenters. The Morgan fingerprint density at radius 3 is 2.26 bits per heavy atom. The van der Waals surface area contributed by atoms with Gasteiger partial charge in [0.25, 0.3) is 0 Å². The molecule has 144 valence electrons. The average Bonchev–Trinajstić information content (AvgIpc) is 2.69. The summed E-state index contributed by atoms with van der Waals surface area (Å²) in [6.45, 7) is 1.08. The molecule has 27 heavy (non-hydrogen) atoms. The second kappa shape index (κ2) is 7.85. The molecule has 1 amide bonds. The number of sulfonamides is 1. The van der Waals surface area contributed by atoms with Crippen LogP contribution >= 0.6 is 0 Å². The summed E-state index contributed by atoms with van der Waals surface area (Å²) in [4.78, 5) is 13.8. The highest BCUT2D eigenvalue weighted by atomic mass is 32.2. The largest absolute Gasteiger partial charge is 0.445 e. The van der Waals surface area contributed by atoms with Gasteiger partial charge in [-0.1, -0.05) is 30.3 Å². The fourth-order valence-corrected chi connectivity index (χ4v) is 4.24. The van der Waals surface area contributed by atoms with Crippen molar-refractivity contribution in [2.45, 2.75) is 11.5 Å². The van der Waals surface area contributed by atoms with Crippen molar-refractivity contribution >= 4 is 27.5 Å². The Morgan fingerprint density at radius 1 is 0.963 bits per heavy atom.